The van der Waals surface area contributed by atoms with Crippen LogP contribution in [0.5, 0.6) is 0 Å². The molecule has 2 aromatic carbocycles. The van der Waals surface area contributed by atoms with Gasteiger partial charge in [-0.1, -0.05) is 0 Å². The molecule has 2 amide bonds. The average Bonchev–Trinajstić information content (AvgIpc) is 3.07. The third-order valence-corrected chi connectivity index (χ3v) is 4.92. The second-order valence-corrected chi connectivity index (χ2v) is 6.74. The summed E-state index contributed by atoms with van der Waals surface area (Å²) < 4.78 is 29.2. The monoisotopic (exact) mass is 359 g/mol. The number of hydrogen-bond donors (Lipinski definition) is 1. The van der Waals surface area contributed by atoms with Gasteiger partial charge in [0.05, 0.1) is 19.2 Å². The van der Waals surface area contributed by atoms with Crippen molar-refractivity contribution in [2.24, 2.45) is 0 Å². The van der Waals surface area contributed by atoms with E-state index >= 15 is 0 Å². The maximum absolute atomic E-state index is 13.7. The highest BCUT2D eigenvalue weighted by atomic mass is 19.1. The fourth-order valence-electron chi connectivity index (χ4n) is 3.64. The molecule has 0 bridgehead atoms. The number of carbonyl (C=O) groups excluding carboxylic acids is 1. The van der Waals surface area contributed by atoms with E-state index in [1.807, 2.05) is 4.57 Å². The van der Waals surface area contributed by atoms with Gasteiger partial charge in [0.15, 0.2) is 0 Å². The molecule has 0 saturated carbocycles. The van der Waals surface area contributed by atoms with Crippen molar-refractivity contribution in [2.75, 3.05) is 26.7 Å². The molecule has 1 N–H and O–H groups in total. The summed E-state index contributed by atoms with van der Waals surface area (Å²) in [5.74, 6) is -0.792. The summed E-state index contributed by atoms with van der Waals surface area (Å²) in [5, 5.41) is 11.7. The summed E-state index contributed by atoms with van der Waals surface area (Å²) >= 11 is 0. The Kier molecular flexibility index (Phi) is 4.03. The fourth-order valence-corrected chi connectivity index (χ4v) is 3.64. The van der Waals surface area contributed by atoms with Gasteiger partial charge in [-0.2, -0.15) is 0 Å². The molecule has 0 spiro atoms. The Morgan fingerprint density at radius 2 is 1.58 bits per heavy atom. The maximum atomic E-state index is 13.7. The molecule has 7 heteroatoms. The molecular weight excluding hydrogens is 340 g/mol. The number of rotatable bonds is 4. The Balaban J connectivity index is 1.70. The number of benzene rings is 2. The number of fused-ring (bicyclic) bond motifs is 3. The van der Waals surface area contributed by atoms with Crippen LogP contribution < -0.4 is 0 Å². The molecular formula is C19H19F2N3O2. The Morgan fingerprint density at radius 3 is 2.08 bits per heavy atom. The van der Waals surface area contributed by atoms with E-state index < -0.39 is 17.7 Å². The molecule has 3 aromatic rings. The fraction of sp³-hybridized carbons (Fsp3) is 0.316. The Bertz CT molecular complexity index is 942. The number of aromatic nitrogens is 1. The molecule has 0 aliphatic carbocycles. The van der Waals surface area contributed by atoms with E-state index in [4.69, 9.17) is 0 Å². The van der Waals surface area contributed by atoms with Gasteiger partial charge in [-0.25, -0.2) is 13.6 Å². The number of likely N-dealkylation sites (N-methyl/N-ethyl adjacent to an activating group) is 1. The zero-order chi connectivity index (χ0) is 18.4. The van der Waals surface area contributed by atoms with Crippen molar-refractivity contribution in [1.82, 2.24) is 14.4 Å². The summed E-state index contributed by atoms with van der Waals surface area (Å²) in [6.07, 6.45) is -0.792. The zero-order valence-corrected chi connectivity index (χ0v) is 14.3. The molecule has 136 valence electrons. The van der Waals surface area contributed by atoms with Crippen LogP contribution in [0.1, 0.15) is 0 Å². The number of β-amino-alcohol motifs (C(OH)–C–C–N with tert-alkyl or cyclic N) is 1. The molecule has 2 heterocycles. The second-order valence-electron chi connectivity index (χ2n) is 6.74. The quantitative estimate of drug-likeness (QED) is 0.779. The van der Waals surface area contributed by atoms with Gasteiger partial charge in [0, 0.05) is 41.9 Å². The summed E-state index contributed by atoms with van der Waals surface area (Å²) in [4.78, 5) is 15.2. The van der Waals surface area contributed by atoms with Crippen molar-refractivity contribution in [3.63, 3.8) is 0 Å². The summed E-state index contributed by atoms with van der Waals surface area (Å²) in [6.45, 7) is 1.66. The molecule has 1 aliphatic rings. The van der Waals surface area contributed by atoms with Crippen LogP contribution in [-0.2, 0) is 6.54 Å². The summed E-state index contributed by atoms with van der Waals surface area (Å²) in [7, 11) is 1.73. The van der Waals surface area contributed by atoms with Gasteiger partial charge < -0.3 is 19.5 Å². The van der Waals surface area contributed by atoms with Gasteiger partial charge in [-0.05, 0) is 36.4 Å². The number of urea groups is 1. The van der Waals surface area contributed by atoms with E-state index in [1.165, 1.54) is 24.3 Å². The van der Waals surface area contributed by atoms with E-state index in [9.17, 15) is 18.7 Å². The molecule has 4 rings (SSSR count). The SMILES string of the molecule is CN1CCN(CC(O)Cn2c3ccc(F)cc3c3cc(F)ccc32)C1=O. The average molecular weight is 359 g/mol. The van der Waals surface area contributed by atoms with Gasteiger partial charge in [-0.15, -0.1) is 0 Å². The third kappa shape index (κ3) is 2.78. The topological polar surface area (TPSA) is 48.7 Å². The second kappa shape index (κ2) is 6.25. The van der Waals surface area contributed by atoms with Crippen molar-refractivity contribution in [3.05, 3.63) is 48.0 Å². The number of halogens is 2. The largest absolute Gasteiger partial charge is 0.389 e. The highest BCUT2D eigenvalue weighted by Gasteiger charge is 2.27. The first-order valence-corrected chi connectivity index (χ1v) is 8.49. The molecule has 1 aromatic heterocycles. The van der Waals surface area contributed by atoms with Gasteiger partial charge in [-0.3, -0.25) is 0 Å². The summed E-state index contributed by atoms with van der Waals surface area (Å²) in [6, 6.07) is 8.60. The Hall–Kier alpha value is -2.67. The number of aliphatic hydroxyl groups is 1. The lowest BCUT2D eigenvalue weighted by atomic mass is 10.1. The van der Waals surface area contributed by atoms with E-state index in [-0.39, 0.29) is 19.1 Å². The van der Waals surface area contributed by atoms with Crippen LogP contribution in [0.15, 0.2) is 36.4 Å². The van der Waals surface area contributed by atoms with Crippen LogP contribution in [0.3, 0.4) is 0 Å². The molecule has 1 saturated heterocycles. The number of nitrogens with zero attached hydrogens (tertiary/aromatic N) is 3. The Labute approximate surface area is 149 Å². The lowest BCUT2D eigenvalue weighted by Crippen LogP contribution is -2.37. The van der Waals surface area contributed by atoms with Crippen molar-refractivity contribution >= 4 is 27.8 Å². The molecule has 1 aliphatic heterocycles. The molecule has 1 fully saturated rings. The van der Waals surface area contributed by atoms with Crippen LogP contribution >= 0.6 is 0 Å². The van der Waals surface area contributed by atoms with E-state index in [1.54, 1.807) is 29.0 Å². The highest BCUT2D eigenvalue weighted by molar-refractivity contribution is 6.08. The number of aliphatic hydroxyl groups excluding tert-OH is 1. The normalized spacial score (nSPS) is 16.2. The van der Waals surface area contributed by atoms with E-state index in [0.717, 1.165) is 11.0 Å². The van der Waals surface area contributed by atoms with E-state index in [0.29, 0.717) is 23.9 Å². The minimum absolute atomic E-state index is 0.101. The first-order chi connectivity index (χ1) is 12.4. The molecule has 0 radical (unpaired) electrons. The van der Waals surface area contributed by atoms with Crippen LogP contribution in [0.2, 0.25) is 0 Å². The molecule has 1 atom stereocenters. The van der Waals surface area contributed by atoms with Crippen molar-refractivity contribution in [2.45, 2.75) is 12.6 Å². The predicted octanol–water partition coefficient (Wildman–Crippen LogP) is 2.80. The predicted molar refractivity (Wildman–Crippen MR) is 95.0 cm³/mol. The first kappa shape index (κ1) is 16.8. The third-order valence-electron chi connectivity index (χ3n) is 4.92. The van der Waals surface area contributed by atoms with E-state index in [2.05, 4.69) is 0 Å². The maximum Gasteiger partial charge on any atom is 0.319 e. The van der Waals surface area contributed by atoms with Crippen LogP contribution in [0.25, 0.3) is 21.8 Å². The van der Waals surface area contributed by atoms with Gasteiger partial charge in [0.1, 0.15) is 11.6 Å². The smallest absolute Gasteiger partial charge is 0.319 e. The van der Waals surface area contributed by atoms with Crippen LogP contribution in [0.4, 0.5) is 13.6 Å². The lowest BCUT2D eigenvalue weighted by molar-refractivity contribution is 0.116. The number of hydrogen-bond acceptors (Lipinski definition) is 2. The standard InChI is InChI=1S/C19H19F2N3O2/c1-22-6-7-23(19(22)26)10-14(25)11-24-17-4-2-12(20)8-15(17)16-9-13(21)3-5-18(16)24/h2-5,8-9,14,25H,6-7,10-11H2,1H3. The minimum Gasteiger partial charge on any atom is -0.389 e. The van der Waals surface area contributed by atoms with Gasteiger partial charge in [0.25, 0.3) is 0 Å². The Morgan fingerprint density at radius 1 is 1.00 bits per heavy atom. The molecule has 1 unspecified atom stereocenters. The van der Waals surface area contributed by atoms with Gasteiger partial charge >= 0.3 is 6.03 Å². The number of amides is 2. The number of carbonyl (C=O) groups is 1. The van der Waals surface area contributed by atoms with Crippen LogP contribution in [-0.4, -0.2) is 58.3 Å². The first-order valence-electron chi connectivity index (χ1n) is 8.49. The lowest BCUT2D eigenvalue weighted by Gasteiger charge is -2.21. The molecule has 26 heavy (non-hydrogen) atoms. The zero-order valence-electron chi connectivity index (χ0n) is 14.3. The summed E-state index contributed by atoms with van der Waals surface area (Å²) in [5.41, 5.74) is 1.44. The molecule has 5 nitrogen and oxygen atoms in total. The van der Waals surface area contributed by atoms with Crippen molar-refractivity contribution < 1.29 is 18.7 Å². The highest BCUT2D eigenvalue weighted by Crippen LogP contribution is 2.30. The van der Waals surface area contributed by atoms with Crippen LogP contribution in [0, 0.1) is 11.6 Å². The van der Waals surface area contributed by atoms with Crippen molar-refractivity contribution in [1.29, 1.82) is 0 Å². The van der Waals surface area contributed by atoms with Gasteiger partial charge in [0.2, 0.25) is 0 Å². The minimum atomic E-state index is -0.792. The van der Waals surface area contributed by atoms with Crippen molar-refractivity contribution in [3.8, 4) is 0 Å².